The van der Waals surface area contributed by atoms with Crippen molar-refractivity contribution in [3.8, 4) is 0 Å². The van der Waals surface area contributed by atoms with Gasteiger partial charge in [-0.1, -0.05) is 42.5 Å². The van der Waals surface area contributed by atoms with E-state index in [1.807, 2.05) is 30.3 Å². The zero-order chi connectivity index (χ0) is 13.4. The molecule has 0 spiro atoms. The summed E-state index contributed by atoms with van der Waals surface area (Å²) in [6, 6.07) is 8.63. The summed E-state index contributed by atoms with van der Waals surface area (Å²) in [6.45, 7) is 0. The molecule has 3 N–H and O–H groups in total. The highest BCUT2D eigenvalue weighted by molar-refractivity contribution is 7.80. The van der Waals surface area contributed by atoms with E-state index < -0.39 is 6.04 Å². The molecule has 3 amide bonds. The minimum Gasteiger partial charge on any atom is -0.327 e. The highest BCUT2D eigenvalue weighted by Crippen LogP contribution is 2.29. The van der Waals surface area contributed by atoms with Crippen molar-refractivity contribution < 1.29 is 9.59 Å². The number of amides is 3. The summed E-state index contributed by atoms with van der Waals surface area (Å²) < 4.78 is 0. The maximum Gasteiger partial charge on any atom is 0.319 e. The van der Waals surface area contributed by atoms with Crippen LogP contribution >= 0.6 is 12.2 Å². The molecule has 1 aromatic carbocycles. The molecule has 19 heavy (non-hydrogen) atoms. The van der Waals surface area contributed by atoms with E-state index in [4.69, 9.17) is 12.2 Å². The van der Waals surface area contributed by atoms with Gasteiger partial charge in [0.15, 0.2) is 0 Å². The first-order valence-electron chi connectivity index (χ1n) is 5.85. The molecule has 1 aromatic rings. The number of benzene rings is 1. The SMILES string of the molecule is O=C1NC2=C(C(=O)NC(=S)C2)C(c2ccccc2)N1. The Kier molecular flexibility index (Phi) is 2.79. The lowest BCUT2D eigenvalue weighted by molar-refractivity contribution is -0.116. The van der Waals surface area contributed by atoms with Crippen LogP contribution in [-0.4, -0.2) is 16.9 Å². The summed E-state index contributed by atoms with van der Waals surface area (Å²) in [6.07, 6.45) is 0.382. The zero-order valence-electron chi connectivity index (χ0n) is 9.90. The van der Waals surface area contributed by atoms with Crippen molar-refractivity contribution in [2.24, 2.45) is 0 Å². The summed E-state index contributed by atoms with van der Waals surface area (Å²) >= 11 is 5.01. The number of carbonyl (C=O) groups is 2. The molecule has 0 fully saturated rings. The summed E-state index contributed by atoms with van der Waals surface area (Å²) in [5, 5.41) is 8.06. The predicted molar refractivity (Wildman–Crippen MR) is 73.2 cm³/mol. The van der Waals surface area contributed by atoms with Gasteiger partial charge in [-0.2, -0.15) is 0 Å². The predicted octanol–water partition coefficient (Wildman–Crippen LogP) is 1.14. The number of urea groups is 1. The number of rotatable bonds is 1. The van der Waals surface area contributed by atoms with Crippen molar-refractivity contribution >= 4 is 29.1 Å². The van der Waals surface area contributed by atoms with E-state index >= 15 is 0 Å². The normalized spacial score (nSPS) is 22.3. The van der Waals surface area contributed by atoms with Gasteiger partial charge in [-0.3, -0.25) is 4.79 Å². The summed E-state index contributed by atoms with van der Waals surface area (Å²) in [5.41, 5.74) is 1.98. The number of carbonyl (C=O) groups excluding carboxylic acids is 2. The molecule has 0 aliphatic carbocycles. The van der Waals surface area contributed by atoms with Crippen LogP contribution in [0.1, 0.15) is 18.0 Å². The van der Waals surface area contributed by atoms with E-state index in [9.17, 15) is 9.59 Å². The first-order chi connectivity index (χ1) is 9.15. The standard InChI is InChI=1S/C13H11N3O2S/c17-12-10-8(6-9(19)15-12)14-13(18)16-11(10)7-4-2-1-3-5-7/h1-5,11H,6H2,(H2,14,16,18)(H,15,17,19). The van der Waals surface area contributed by atoms with Crippen molar-refractivity contribution in [2.75, 3.05) is 0 Å². The zero-order valence-corrected chi connectivity index (χ0v) is 10.7. The smallest absolute Gasteiger partial charge is 0.319 e. The molecule has 6 heteroatoms. The molecule has 0 saturated carbocycles. The fourth-order valence-electron chi connectivity index (χ4n) is 2.32. The van der Waals surface area contributed by atoms with Crippen molar-refractivity contribution in [3.05, 3.63) is 47.2 Å². The van der Waals surface area contributed by atoms with Gasteiger partial charge in [-0.15, -0.1) is 0 Å². The Morgan fingerprint density at radius 2 is 1.84 bits per heavy atom. The largest absolute Gasteiger partial charge is 0.327 e. The van der Waals surface area contributed by atoms with Crippen LogP contribution < -0.4 is 16.0 Å². The Labute approximate surface area is 115 Å². The number of hydrogen-bond acceptors (Lipinski definition) is 3. The second-order valence-corrected chi connectivity index (χ2v) is 4.88. The molecule has 3 rings (SSSR count). The Morgan fingerprint density at radius 3 is 2.58 bits per heavy atom. The van der Waals surface area contributed by atoms with Crippen LogP contribution in [-0.2, 0) is 4.79 Å². The van der Waals surface area contributed by atoms with E-state index in [-0.39, 0.29) is 11.9 Å². The lowest BCUT2D eigenvalue weighted by atomic mass is 9.92. The van der Waals surface area contributed by atoms with E-state index in [1.54, 1.807) is 0 Å². The summed E-state index contributed by atoms with van der Waals surface area (Å²) in [4.78, 5) is 24.2. The van der Waals surface area contributed by atoms with E-state index in [0.29, 0.717) is 22.7 Å². The van der Waals surface area contributed by atoms with Crippen LogP contribution in [0.15, 0.2) is 41.6 Å². The number of thiocarbonyl (C=S) groups is 1. The van der Waals surface area contributed by atoms with Crippen molar-refractivity contribution in [3.63, 3.8) is 0 Å². The van der Waals surface area contributed by atoms with Crippen LogP contribution in [0.3, 0.4) is 0 Å². The maximum absolute atomic E-state index is 12.1. The third kappa shape index (κ3) is 2.10. The van der Waals surface area contributed by atoms with Crippen LogP contribution in [0.2, 0.25) is 0 Å². The summed E-state index contributed by atoms with van der Waals surface area (Å²) in [5.74, 6) is -0.257. The molecule has 0 bridgehead atoms. The lowest BCUT2D eigenvalue weighted by Gasteiger charge is -2.32. The van der Waals surface area contributed by atoms with Crippen LogP contribution in [0, 0.1) is 0 Å². The molecule has 1 unspecified atom stereocenters. The average Bonchev–Trinajstić information content (AvgIpc) is 2.38. The van der Waals surface area contributed by atoms with Gasteiger partial charge >= 0.3 is 6.03 Å². The summed E-state index contributed by atoms with van der Waals surface area (Å²) in [7, 11) is 0. The fraction of sp³-hybridized carbons (Fsp3) is 0.154. The molecular formula is C13H11N3O2S. The Balaban J connectivity index is 2.09. The van der Waals surface area contributed by atoms with Gasteiger partial charge in [0.25, 0.3) is 5.91 Å². The van der Waals surface area contributed by atoms with Crippen LogP contribution in [0.4, 0.5) is 4.79 Å². The van der Waals surface area contributed by atoms with Crippen LogP contribution in [0.25, 0.3) is 0 Å². The van der Waals surface area contributed by atoms with Crippen molar-refractivity contribution in [2.45, 2.75) is 12.5 Å². The first kappa shape index (κ1) is 11.9. The van der Waals surface area contributed by atoms with Gasteiger partial charge in [0.2, 0.25) is 0 Å². The Bertz CT molecular complexity index is 606. The van der Waals surface area contributed by atoms with Gasteiger partial charge in [-0.05, 0) is 5.56 Å². The third-order valence-electron chi connectivity index (χ3n) is 3.12. The molecule has 2 aliphatic heterocycles. The minimum absolute atomic E-state index is 0.257. The molecule has 0 radical (unpaired) electrons. The molecule has 5 nitrogen and oxygen atoms in total. The third-order valence-corrected chi connectivity index (χ3v) is 3.37. The second-order valence-electron chi connectivity index (χ2n) is 4.39. The molecule has 0 aromatic heterocycles. The van der Waals surface area contributed by atoms with E-state index in [0.717, 1.165) is 5.56 Å². The topological polar surface area (TPSA) is 70.2 Å². The van der Waals surface area contributed by atoms with Gasteiger partial charge < -0.3 is 16.0 Å². The number of nitrogens with one attached hydrogen (secondary N) is 3. The molecule has 2 heterocycles. The molecule has 96 valence electrons. The van der Waals surface area contributed by atoms with Gasteiger partial charge in [0.05, 0.1) is 16.6 Å². The van der Waals surface area contributed by atoms with Crippen LogP contribution in [0.5, 0.6) is 0 Å². The molecule has 0 saturated heterocycles. The minimum atomic E-state index is -0.437. The highest BCUT2D eigenvalue weighted by Gasteiger charge is 2.35. The van der Waals surface area contributed by atoms with Gasteiger partial charge in [0.1, 0.15) is 0 Å². The molecule has 1 atom stereocenters. The Hall–Kier alpha value is -2.21. The second kappa shape index (κ2) is 4.47. The monoisotopic (exact) mass is 273 g/mol. The van der Waals surface area contributed by atoms with Crippen molar-refractivity contribution in [1.82, 2.24) is 16.0 Å². The van der Waals surface area contributed by atoms with Gasteiger partial charge in [-0.25, -0.2) is 4.79 Å². The first-order valence-corrected chi connectivity index (χ1v) is 6.25. The fourth-order valence-corrected chi connectivity index (χ4v) is 2.56. The average molecular weight is 273 g/mol. The highest BCUT2D eigenvalue weighted by atomic mass is 32.1. The van der Waals surface area contributed by atoms with Gasteiger partial charge in [0, 0.05) is 12.1 Å². The maximum atomic E-state index is 12.1. The quantitative estimate of drug-likeness (QED) is 0.672. The molecular weight excluding hydrogens is 262 g/mol. The van der Waals surface area contributed by atoms with E-state index in [1.165, 1.54) is 0 Å². The van der Waals surface area contributed by atoms with E-state index in [2.05, 4.69) is 16.0 Å². The Morgan fingerprint density at radius 1 is 1.11 bits per heavy atom. The lowest BCUT2D eigenvalue weighted by Crippen LogP contribution is -2.51. The van der Waals surface area contributed by atoms with Crippen molar-refractivity contribution in [1.29, 1.82) is 0 Å². The molecule has 2 aliphatic rings. The number of hydrogen-bond donors (Lipinski definition) is 3.